The van der Waals surface area contributed by atoms with Crippen molar-refractivity contribution in [2.24, 2.45) is 0 Å². The molecule has 1 atom stereocenters. The van der Waals surface area contributed by atoms with Crippen molar-refractivity contribution in [2.45, 2.75) is 27.7 Å². The SMILES string of the molecule is CCOC(=O)c1cnc2c(P)c(C)c(C)c(C)c2c1. The van der Waals surface area contributed by atoms with Gasteiger partial charge in [-0.1, -0.05) is 0 Å². The van der Waals surface area contributed by atoms with Gasteiger partial charge in [0.05, 0.1) is 17.7 Å². The van der Waals surface area contributed by atoms with Crippen LogP contribution in [0.4, 0.5) is 0 Å². The molecule has 2 rings (SSSR count). The summed E-state index contributed by atoms with van der Waals surface area (Å²) in [6.45, 7) is 8.41. The number of nitrogens with zero attached hydrogens (tertiary/aromatic N) is 1. The number of carbonyl (C=O) groups excluding carboxylic acids is 1. The molecule has 19 heavy (non-hydrogen) atoms. The standard InChI is InChI=1S/C15H18NO2P/c1-5-18-15(17)11-6-12-9(3)8(2)10(4)14(19)13(12)16-7-11/h6-7H,5,19H2,1-4H3. The van der Waals surface area contributed by atoms with Gasteiger partial charge in [-0.3, -0.25) is 4.98 Å². The van der Waals surface area contributed by atoms with Gasteiger partial charge in [-0.15, -0.1) is 9.24 Å². The van der Waals surface area contributed by atoms with Gasteiger partial charge in [0.1, 0.15) is 0 Å². The van der Waals surface area contributed by atoms with Crippen LogP contribution in [-0.2, 0) is 4.74 Å². The zero-order valence-corrected chi connectivity index (χ0v) is 12.9. The van der Waals surface area contributed by atoms with Gasteiger partial charge in [0, 0.05) is 11.6 Å². The van der Waals surface area contributed by atoms with Gasteiger partial charge in [-0.05, 0) is 55.8 Å². The molecule has 0 fully saturated rings. The summed E-state index contributed by atoms with van der Waals surface area (Å²) in [5.41, 5.74) is 5.06. The summed E-state index contributed by atoms with van der Waals surface area (Å²) in [6.07, 6.45) is 1.59. The van der Waals surface area contributed by atoms with Crippen LogP contribution in [0.3, 0.4) is 0 Å². The Kier molecular flexibility index (Phi) is 3.86. The van der Waals surface area contributed by atoms with Gasteiger partial charge in [-0.2, -0.15) is 0 Å². The summed E-state index contributed by atoms with van der Waals surface area (Å²) < 4.78 is 5.02. The molecular formula is C15H18NO2P. The molecule has 4 heteroatoms. The van der Waals surface area contributed by atoms with Crippen LogP contribution in [0.25, 0.3) is 10.9 Å². The van der Waals surface area contributed by atoms with Crippen molar-refractivity contribution in [3.8, 4) is 0 Å². The van der Waals surface area contributed by atoms with Crippen LogP contribution in [0.2, 0.25) is 0 Å². The summed E-state index contributed by atoms with van der Waals surface area (Å²) in [5.74, 6) is -0.320. The summed E-state index contributed by atoms with van der Waals surface area (Å²) in [5, 5.41) is 2.10. The topological polar surface area (TPSA) is 39.2 Å². The maximum absolute atomic E-state index is 11.8. The molecule has 0 radical (unpaired) electrons. The zero-order chi connectivity index (χ0) is 14.2. The maximum atomic E-state index is 11.8. The molecule has 100 valence electrons. The van der Waals surface area contributed by atoms with Crippen LogP contribution < -0.4 is 5.30 Å². The molecule has 0 saturated heterocycles. The van der Waals surface area contributed by atoms with E-state index in [1.54, 1.807) is 13.1 Å². The minimum atomic E-state index is -0.320. The molecule has 0 aliphatic rings. The minimum Gasteiger partial charge on any atom is -0.462 e. The highest BCUT2D eigenvalue weighted by molar-refractivity contribution is 7.28. The lowest BCUT2D eigenvalue weighted by Gasteiger charge is -2.13. The van der Waals surface area contributed by atoms with E-state index in [-0.39, 0.29) is 5.97 Å². The molecule has 1 unspecified atom stereocenters. The molecule has 0 bridgehead atoms. The van der Waals surface area contributed by atoms with Crippen LogP contribution >= 0.6 is 9.24 Å². The number of carbonyl (C=O) groups is 1. The Bertz CT molecular complexity index is 665. The van der Waals surface area contributed by atoms with Crippen LogP contribution in [0.1, 0.15) is 34.0 Å². The van der Waals surface area contributed by atoms with Crippen molar-refractivity contribution >= 4 is 31.4 Å². The number of esters is 1. The molecule has 0 spiro atoms. The Labute approximate surface area is 115 Å². The Morgan fingerprint density at radius 1 is 1.26 bits per heavy atom. The summed E-state index contributed by atoms with van der Waals surface area (Å²) in [7, 11) is 2.74. The number of pyridine rings is 1. The first-order valence-corrected chi connectivity index (χ1v) is 6.87. The van der Waals surface area contributed by atoms with Gasteiger partial charge in [0.25, 0.3) is 0 Å². The fourth-order valence-corrected chi connectivity index (χ4v) is 2.60. The van der Waals surface area contributed by atoms with Crippen LogP contribution in [0.5, 0.6) is 0 Å². The third-order valence-electron chi connectivity index (χ3n) is 3.59. The second-order valence-electron chi connectivity index (χ2n) is 4.63. The molecule has 3 nitrogen and oxygen atoms in total. The van der Waals surface area contributed by atoms with E-state index in [9.17, 15) is 4.79 Å². The first kappa shape index (κ1) is 14.0. The van der Waals surface area contributed by atoms with Gasteiger partial charge < -0.3 is 4.74 Å². The highest BCUT2D eigenvalue weighted by atomic mass is 31.0. The average Bonchev–Trinajstić information content (AvgIpc) is 2.42. The number of hydrogen-bond donors (Lipinski definition) is 0. The van der Waals surface area contributed by atoms with Crippen LogP contribution in [0.15, 0.2) is 12.3 Å². The summed E-state index contributed by atoms with van der Waals surface area (Å²) >= 11 is 0. The maximum Gasteiger partial charge on any atom is 0.339 e. The lowest BCUT2D eigenvalue weighted by atomic mass is 9.98. The second-order valence-corrected chi connectivity index (χ2v) is 5.21. The number of fused-ring (bicyclic) bond motifs is 1. The monoisotopic (exact) mass is 275 g/mol. The van der Waals surface area contributed by atoms with E-state index < -0.39 is 0 Å². The molecule has 2 aromatic rings. The quantitative estimate of drug-likeness (QED) is 0.625. The van der Waals surface area contributed by atoms with Gasteiger partial charge >= 0.3 is 5.97 Å². The first-order valence-electron chi connectivity index (χ1n) is 6.29. The van der Waals surface area contributed by atoms with E-state index in [0.717, 1.165) is 21.8 Å². The highest BCUT2D eigenvalue weighted by Crippen LogP contribution is 2.24. The van der Waals surface area contributed by atoms with E-state index in [4.69, 9.17) is 4.74 Å². The lowest BCUT2D eigenvalue weighted by molar-refractivity contribution is 0.0526. The Morgan fingerprint density at radius 3 is 2.58 bits per heavy atom. The Balaban J connectivity index is 2.70. The molecule has 1 aromatic heterocycles. The van der Waals surface area contributed by atoms with Crippen LogP contribution in [0, 0.1) is 20.8 Å². The van der Waals surface area contributed by atoms with Gasteiger partial charge in [0.15, 0.2) is 0 Å². The largest absolute Gasteiger partial charge is 0.462 e. The molecule has 0 N–H and O–H groups in total. The molecular weight excluding hydrogens is 257 g/mol. The van der Waals surface area contributed by atoms with Crippen LogP contribution in [-0.4, -0.2) is 17.6 Å². The van der Waals surface area contributed by atoms with E-state index >= 15 is 0 Å². The molecule has 0 amide bonds. The highest BCUT2D eigenvalue weighted by Gasteiger charge is 2.13. The number of aryl methyl sites for hydroxylation is 1. The van der Waals surface area contributed by atoms with E-state index in [1.165, 1.54) is 11.1 Å². The molecule has 0 aliphatic heterocycles. The predicted octanol–water partition coefficient (Wildman–Crippen LogP) is 2.84. The summed E-state index contributed by atoms with van der Waals surface area (Å²) in [4.78, 5) is 16.2. The van der Waals surface area contributed by atoms with E-state index in [0.29, 0.717) is 12.2 Å². The number of hydrogen-bond acceptors (Lipinski definition) is 3. The number of benzene rings is 1. The first-order chi connectivity index (χ1) is 8.97. The molecule has 0 saturated carbocycles. The number of aromatic nitrogens is 1. The van der Waals surface area contributed by atoms with Crippen molar-refractivity contribution in [3.63, 3.8) is 0 Å². The van der Waals surface area contributed by atoms with Crippen molar-refractivity contribution in [2.75, 3.05) is 6.61 Å². The van der Waals surface area contributed by atoms with Crippen molar-refractivity contribution in [1.82, 2.24) is 4.98 Å². The fraction of sp³-hybridized carbons (Fsp3) is 0.333. The normalized spacial score (nSPS) is 10.8. The zero-order valence-electron chi connectivity index (χ0n) is 11.7. The average molecular weight is 275 g/mol. The molecule has 1 heterocycles. The second kappa shape index (κ2) is 5.26. The van der Waals surface area contributed by atoms with E-state index in [1.807, 2.05) is 6.07 Å². The lowest BCUT2D eigenvalue weighted by Crippen LogP contribution is -2.09. The van der Waals surface area contributed by atoms with Crippen molar-refractivity contribution in [3.05, 3.63) is 34.5 Å². The van der Waals surface area contributed by atoms with Gasteiger partial charge in [-0.25, -0.2) is 4.79 Å². The third-order valence-corrected chi connectivity index (χ3v) is 4.29. The number of rotatable bonds is 2. The third kappa shape index (κ3) is 2.35. The van der Waals surface area contributed by atoms with Crippen molar-refractivity contribution in [1.29, 1.82) is 0 Å². The molecule has 0 aliphatic carbocycles. The molecule has 1 aromatic carbocycles. The number of ether oxygens (including phenoxy) is 1. The Hall–Kier alpha value is -1.47. The fourth-order valence-electron chi connectivity index (χ4n) is 2.15. The predicted molar refractivity (Wildman–Crippen MR) is 81.3 cm³/mol. The smallest absolute Gasteiger partial charge is 0.339 e. The van der Waals surface area contributed by atoms with E-state index in [2.05, 4.69) is 35.0 Å². The van der Waals surface area contributed by atoms with Gasteiger partial charge in [0.2, 0.25) is 0 Å². The minimum absolute atomic E-state index is 0.320. The van der Waals surface area contributed by atoms with Crippen molar-refractivity contribution < 1.29 is 9.53 Å². The summed E-state index contributed by atoms with van der Waals surface area (Å²) in [6, 6.07) is 1.87. The Morgan fingerprint density at radius 2 is 1.95 bits per heavy atom.